The van der Waals surface area contributed by atoms with E-state index in [4.69, 9.17) is 16.3 Å². The Morgan fingerprint density at radius 2 is 1.97 bits per heavy atom. The van der Waals surface area contributed by atoms with Crippen LogP contribution in [0.4, 0.5) is 0 Å². The fourth-order valence-electron chi connectivity index (χ4n) is 4.26. The van der Waals surface area contributed by atoms with Crippen molar-refractivity contribution in [3.63, 3.8) is 0 Å². The van der Waals surface area contributed by atoms with E-state index in [0.717, 1.165) is 24.2 Å². The Labute approximate surface area is 209 Å². The topological polar surface area (TPSA) is 49.9 Å². The van der Waals surface area contributed by atoms with Gasteiger partial charge in [-0.25, -0.2) is 0 Å². The molecule has 0 fully saturated rings. The molecule has 0 unspecified atom stereocenters. The molecule has 1 aliphatic heterocycles. The number of hydrogen-bond acceptors (Lipinski definition) is 4. The molecule has 7 heteroatoms. The molecule has 0 aliphatic carbocycles. The zero-order valence-electron chi connectivity index (χ0n) is 19.5. The first kappa shape index (κ1) is 24.3. The quantitative estimate of drug-likeness (QED) is 0.398. The highest BCUT2D eigenvalue weighted by molar-refractivity contribution is 7.10. The number of carbonyl (C=O) groups excluding carboxylic acids is 2. The average molecular weight is 497 g/mol. The van der Waals surface area contributed by atoms with Crippen molar-refractivity contribution in [2.75, 3.05) is 26.2 Å². The van der Waals surface area contributed by atoms with Crippen molar-refractivity contribution in [1.82, 2.24) is 9.80 Å². The molecule has 4 rings (SSSR count). The van der Waals surface area contributed by atoms with Crippen molar-refractivity contribution < 1.29 is 14.3 Å². The largest absolute Gasteiger partial charge is 0.491 e. The van der Waals surface area contributed by atoms with Gasteiger partial charge in [0.2, 0.25) is 5.91 Å². The van der Waals surface area contributed by atoms with Gasteiger partial charge in [-0.05, 0) is 67.1 Å². The lowest BCUT2D eigenvalue weighted by atomic mass is 10.0. The van der Waals surface area contributed by atoms with Crippen LogP contribution in [-0.2, 0) is 11.2 Å². The third kappa shape index (κ3) is 5.62. The molecular formula is C27H29ClN2O3S. The van der Waals surface area contributed by atoms with Crippen LogP contribution in [0.3, 0.4) is 0 Å². The number of ether oxygens (including phenoxy) is 1. The van der Waals surface area contributed by atoms with Crippen LogP contribution in [0.2, 0.25) is 5.02 Å². The number of nitrogens with zero attached hydrogens (tertiary/aromatic N) is 2. The molecule has 3 aromatic rings. The molecule has 1 aromatic heterocycles. The number of halogens is 1. The van der Waals surface area contributed by atoms with Gasteiger partial charge in [-0.3, -0.25) is 9.59 Å². The fourth-order valence-corrected chi connectivity index (χ4v) is 5.38. The average Bonchev–Trinajstić information content (AvgIpc) is 3.32. The van der Waals surface area contributed by atoms with E-state index in [2.05, 4.69) is 11.4 Å². The van der Waals surface area contributed by atoms with Crippen molar-refractivity contribution in [2.45, 2.75) is 32.7 Å². The van der Waals surface area contributed by atoms with Crippen LogP contribution >= 0.6 is 22.9 Å². The zero-order valence-corrected chi connectivity index (χ0v) is 21.1. The van der Waals surface area contributed by atoms with Crippen molar-refractivity contribution in [1.29, 1.82) is 0 Å². The number of thiophene rings is 1. The molecule has 2 amide bonds. The van der Waals surface area contributed by atoms with Gasteiger partial charge in [-0.15, -0.1) is 11.3 Å². The van der Waals surface area contributed by atoms with Gasteiger partial charge in [-0.2, -0.15) is 0 Å². The highest BCUT2D eigenvalue weighted by atomic mass is 35.5. The lowest BCUT2D eigenvalue weighted by Crippen LogP contribution is -2.48. The molecule has 0 radical (unpaired) electrons. The van der Waals surface area contributed by atoms with E-state index >= 15 is 0 Å². The first-order valence-electron chi connectivity index (χ1n) is 11.6. The molecule has 2 aromatic carbocycles. The van der Waals surface area contributed by atoms with E-state index in [1.165, 1.54) is 10.4 Å². The Hall–Kier alpha value is -2.83. The number of benzene rings is 2. The van der Waals surface area contributed by atoms with Crippen LogP contribution in [0.5, 0.6) is 5.75 Å². The summed E-state index contributed by atoms with van der Waals surface area (Å²) in [6.07, 6.45) is 1.57. The maximum atomic E-state index is 13.5. The summed E-state index contributed by atoms with van der Waals surface area (Å²) in [7, 11) is 0. The summed E-state index contributed by atoms with van der Waals surface area (Å²) in [5.74, 6) is 0.528. The Morgan fingerprint density at radius 3 is 2.71 bits per heavy atom. The predicted molar refractivity (Wildman–Crippen MR) is 137 cm³/mol. The first-order chi connectivity index (χ1) is 16.5. The van der Waals surface area contributed by atoms with E-state index in [9.17, 15) is 9.59 Å². The van der Waals surface area contributed by atoms with Gasteiger partial charge < -0.3 is 14.5 Å². The minimum absolute atomic E-state index is 0.0275. The third-order valence-corrected chi connectivity index (χ3v) is 7.25. The lowest BCUT2D eigenvalue weighted by molar-refractivity contribution is -0.135. The van der Waals surface area contributed by atoms with Gasteiger partial charge in [0.1, 0.15) is 18.9 Å². The van der Waals surface area contributed by atoms with E-state index < -0.39 is 0 Å². The molecule has 5 nitrogen and oxygen atoms in total. The van der Waals surface area contributed by atoms with E-state index in [1.807, 2.05) is 43.0 Å². The minimum atomic E-state index is -0.187. The van der Waals surface area contributed by atoms with Crippen molar-refractivity contribution in [3.05, 3.63) is 86.6 Å². The summed E-state index contributed by atoms with van der Waals surface area (Å²) in [5.41, 5.74) is 2.80. The van der Waals surface area contributed by atoms with E-state index in [1.54, 1.807) is 40.5 Å². The summed E-state index contributed by atoms with van der Waals surface area (Å²) < 4.78 is 6.11. The molecule has 178 valence electrons. The Morgan fingerprint density at radius 1 is 1.18 bits per heavy atom. The second-order valence-electron chi connectivity index (χ2n) is 8.51. The number of fused-ring (bicyclic) bond motifs is 1. The van der Waals surface area contributed by atoms with Gasteiger partial charge in [0, 0.05) is 28.6 Å². The maximum Gasteiger partial charge on any atom is 0.254 e. The molecule has 34 heavy (non-hydrogen) atoms. The van der Waals surface area contributed by atoms with Crippen molar-refractivity contribution in [3.8, 4) is 5.75 Å². The van der Waals surface area contributed by atoms with Gasteiger partial charge in [0.05, 0.1) is 6.04 Å². The summed E-state index contributed by atoms with van der Waals surface area (Å²) in [6, 6.07) is 16.7. The molecular weight excluding hydrogens is 468 g/mol. The smallest absolute Gasteiger partial charge is 0.254 e. The molecule has 0 saturated heterocycles. The van der Waals surface area contributed by atoms with Crippen molar-refractivity contribution in [2.24, 2.45) is 0 Å². The molecule has 0 N–H and O–H groups in total. The van der Waals surface area contributed by atoms with Crippen LogP contribution in [-0.4, -0.2) is 47.9 Å². The molecule has 0 bridgehead atoms. The van der Waals surface area contributed by atoms with E-state index in [-0.39, 0.29) is 24.4 Å². The lowest BCUT2D eigenvalue weighted by Gasteiger charge is -2.37. The van der Waals surface area contributed by atoms with Gasteiger partial charge in [0.15, 0.2) is 0 Å². The highest BCUT2D eigenvalue weighted by Crippen LogP contribution is 2.34. The van der Waals surface area contributed by atoms with Gasteiger partial charge >= 0.3 is 0 Å². The van der Waals surface area contributed by atoms with Crippen LogP contribution in [0.1, 0.15) is 45.7 Å². The van der Waals surface area contributed by atoms with Gasteiger partial charge in [-0.1, -0.05) is 42.3 Å². The normalized spacial score (nSPS) is 15.0. The molecule has 0 saturated carbocycles. The maximum absolute atomic E-state index is 13.5. The minimum Gasteiger partial charge on any atom is -0.491 e. The van der Waals surface area contributed by atoms with Crippen molar-refractivity contribution >= 4 is 34.8 Å². The van der Waals surface area contributed by atoms with Crippen LogP contribution in [0, 0.1) is 6.92 Å². The van der Waals surface area contributed by atoms with Gasteiger partial charge in [0.25, 0.3) is 5.91 Å². The summed E-state index contributed by atoms with van der Waals surface area (Å²) in [5, 5.41) is 2.58. The molecule has 2 heterocycles. The van der Waals surface area contributed by atoms with Crippen LogP contribution in [0.25, 0.3) is 0 Å². The Bertz CT molecular complexity index is 1140. The molecule has 1 atom stereocenters. The second-order valence-corrected chi connectivity index (χ2v) is 9.95. The van der Waals surface area contributed by atoms with Crippen LogP contribution in [0.15, 0.2) is 60.0 Å². The zero-order chi connectivity index (χ0) is 24.1. The monoisotopic (exact) mass is 496 g/mol. The molecule has 0 spiro atoms. The van der Waals surface area contributed by atoms with E-state index in [0.29, 0.717) is 30.3 Å². The Balaban J connectivity index is 1.51. The number of amides is 2. The predicted octanol–water partition coefficient (Wildman–Crippen LogP) is 5.77. The number of hydrogen-bond donors (Lipinski definition) is 0. The third-order valence-electron chi connectivity index (χ3n) is 6.02. The van der Waals surface area contributed by atoms with Crippen LogP contribution < -0.4 is 4.74 Å². The standard InChI is InChI=1S/C27H29ClN2O3S/c1-3-13-29(27(32)20-5-4-6-21(28)16-20)17-26(31)30-14-11-25-23(12-15-34-25)24(30)18-33-22-9-7-19(2)8-10-22/h4-10,12,15-16,24H,3,11,13-14,17-18H2,1-2H3/t24-/m1/s1. The summed E-state index contributed by atoms with van der Waals surface area (Å²) in [4.78, 5) is 31.5. The first-order valence-corrected chi connectivity index (χ1v) is 12.8. The SMILES string of the molecule is CCCN(CC(=O)N1CCc2sccc2[C@H]1COc1ccc(C)cc1)C(=O)c1cccc(Cl)c1. The Kier molecular flexibility index (Phi) is 7.91. The summed E-state index contributed by atoms with van der Waals surface area (Å²) in [6.45, 7) is 5.54. The second kappa shape index (κ2) is 11.1. The number of aryl methyl sites for hydroxylation is 1. The fraction of sp³-hybridized carbons (Fsp3) is 0.333. The summed E-state index contributed by atoms with van der Waals surface area (Å²) >= 11 is 7.81. The molecule has 1 aliphatic rings. The number of rotatable bonds is 8. The number of carbonyl (C=O) groups is 2. The highest BCUT2D eigenvalue weighted by Gasteiger charge is 2.33.